The van der Waals surface area contributed by atoms with E-state index in [0.29, 0.717) is 0 Å². The quantitative estimate of drug-likeness (QED) is 0.329. The fourth-order valence-corrected chi connectivity index (χ4v) is 3.60. The predicted octanol–water partition coefficient (Wildman–Crippen LogP) is 1.22. The van der Waals surface area contributed by atoms with Crippen LogP contribution in [0.5, 0.6) is 0 Å². The summed E-state index contributed by atoms with van der Waals surface area (Å²) in [6.07, 6.45) is -8.19. The van der Waals surface area contributed by atoms with Gasteiger partial charge in [0, 0.05) is 34.6 Å². The smallest absolute Gasteiger partial charge is 0.303 e. The molecule has 1 aromatic rings. The zero-order valence-corrected chi connectivity index (χ0v) is 20.7. The molecule has 1 aliphatic rings. The maximum absolute atomic E-state index is 12.0. The predicted molar refractivity (Wildman–Crippen MR) is 119 cm³/mol. The number of hydrogen-bond donors (Lipinski definition) is 0. The van der Waals surface area contributed by atoms with Gasteiger partial charge in [0.05, 0.1) is 6.61 Å². The molecule has 12 nitrogen and oxygen atoms in total. The molecule has 6 unspecified atom stereocenters. The molecule has 0 N–H and O–H groups in total. The standard InChI is InChI=1S/C24H30O12/c1-13(25)30-12-19(32-14(2)26)20-21(33-15(3)27)22(34-16(4)28)23(35-17(5)29)24(36-20)31-11-18-9-7-6-8-10-18/h6-10,19-24H,11-12H2,1-5H3. The van der Waals surface area contributed by atoms with Crippen LogP contribution < -0.4 is 0 Å². The Hall–Kier alpha value is -3.51. The van der Waals surface area contributed by atoms with Gasteiger partial charge in [-0.25, -0.2) is 0 Å². The third kappa shape index (κ3) is 8.93. The monoisotopic (exact) mass is 510 g/mol. The SMILES string of the molecule is CC(=O)OCC(OC(C)=O)C1OC(OCc2ccccc2)C(OC(C)=O)C(OC(C)=O)C1OC(C)=O. The van der Waals surface area contributed by atoms with Crippen LogP contribution in [0, 0.1) is 0 Å². The third-order valence-corrected chi connectivity index (χ3v) is 4.83. The number of carbonyl (C=O) groups excluding carboxylic acids is 5. The van der Waals surface area contributed by atoms with Gasteiger partial charge in [0.1, 0.15) is 12.7 Å². The van der Waals surface area contributed by atoms with Crippen LogP contribution in [0.1, 0.15) is 40.2 Å². The summed E-state index contributed by atoms with van der Waals surface area (Å²) >= 11 is 0. The molecule has 0 radical (unpaired) electrons. The molecule has 0 bridgehead atoms. The van der Waals surface area contributed by atoms with Gasteiger partial charge in [-0.3, -0.25) is 24.0 Å². The average Bonchev–Trinajstić information content (AvgIpc) is 2.77. The first-order valence-electron chi connectivity index (χ1n) is 11.1. The summed E-state index contributed by atoms with van der Waals surface area (Å²) in [4.78, 5) is 59.1. The largest absolute Gasteiger partial charge is 0.462 e. The maximum atomic E-state index is 12.0. The van der Waals surface area contributed by atoms with Gasteiger partial charge in [0.2, 0.25) is 0 Å². The second kappa shape index (κ2) is 13.5. The Morgan fingerprint density at radius 3 is 1.83 bits per heavy atom. The molecule has 198 valence electrons. The molecule has 6 atom stereocenters. The van der Waals surface area contributed by atoms with Crippen molar-refractivity contribution >= 4 is 29.8 Å². The molecule has 1 saturated heterocycles. The van der Waals surface area contributed by atoms with Crippen LogP contribution in [0.2, 0.25) is 0 Å². The number of benzene rings is 1. The second-order valence-electron chi connectivity index (χ2n) is 7.94. The van der Waals surface area contributed by atoms with Gasteiger partial charge in [-0.2, -0.15) is 0 Å². The zero-order valence-electron chi connectivity index (χ0n) is 20.7. The van der Waals surface area contributed by atoms with Gasteiger partial charge in [0.25, 0.3) is 0 Å². The van der Waals surface area contributed by atoms with Crippen LogP contribution >= 0.6 is 0 Å². The van der Waals surface area contributed by atoms with Gasteiger partial charge in [-0.1, -0.05) is 30.3 Å². The highest BCUT2D eigenvalue weighted by atomic mass is 16.7. The van der Waals surface area contributed by atoms with Crippen molar-refractivity contribution in [1.29, 1.82) is 0 Å². The summed E-state index contributed by atoms with van der Waals surface area (Å²) in [5.41, 5.74) is 0.752. The number of esters is 5. The van der Waals surface area contributed by atoms with Gasteiger partial charge < -0.3 is 33.2 Å². The molecule has 2 rings (SSSR count). The van der Waals surface area contributed by atoms with Crippen LogP contribution in [0.3, 0.4) is 0 Å². The summed E-state index contributed by atoms with van der Waals surface area (Å²) in [7, 11) is 0. The number of hydrogen-bond acceptors (Lipinski definition) is 12. The fraction of sp³-hybridized carbons (Fsp3) is 0.542. The van der Waals surface area contributed by atoms with Crippen LogP contribution in [0.4, 0.5) is 0 Å². The van der Waals surface area contributed by atoms with Crippen LogP contribution in [0.25, 0.3) is 0 Å². The minimum atomic E-state index is -1.42. The summed E-state index contributed by atoms with van der Waals surface area (Å²) in [5.74, 6) is -3.72. The van der Waals surface area contributed by atoms with E-state index in [9.17, 15) is 24.0 Å². The summed E-state index contributed by atoms with van der Waals surface area (Å²) in [6, 6.07) is 8.98. The molecule has 0 spiro atoms. The van der Waals surface area contributed by atoms with E-state index in [1.807, 2.05) is 6.07 Å². The molecular weight excluding hydrogens is 480 g/mol. The van der Waals surface area contributed by atoms with Crippen molar-refractivity contribution in [3.8, 4) is 0 Å². The third-order valence-electron chi connectivity index (χ3n) is 4.83. The first kappa shape index (κ1) is 28.7. The van der Waals surface area contributed by atoms with E-state index in [0.717, 1.165) is 40.2 Å². The summed E-state index contributed by atoms with van der Waals surface area (Å²) in [5, 5.41) is 0. The highest BCUT2D eigenvalue weighted by Gasteiger charge is 2.55. The fourth-order valence-electron chi connectivity index (χ4n) is 3.60. The normalized spacial score (nSPS) is 24.1. The lowest BCUT2D eigenvalue weighted by molar-refractivity contribution is -0.320. The van der Waals surface area contributed by atoms with Gasteiger partial charge in [-0.15, -0.1) is 0 Å². The lowest BCUT2D eigenvalue weighted by Gasteiger charge is -2.45. The van der Waals surface area contributed by atoms with Crippen molar-refractivity contribution in [2.75, 3.05) is 6.61 Å². The minimum Gasteiger partial charge on any atom is -0.462 e. The van der Waals surface area contributed by atoms with Crippen molar-refractivity contribution in [3.05, 3.63) is 35.9 Å². The molecule has 1 heterocycles. The van der Waals surface area contributed by atoms with E-state index in [2.05, 4.69) is 0 Å². The summed E-state index contributed by atoms with van der Waals surface area (Å²) in [6.45, 7) is 5.17. The highest BCUT2D eigenvalue weighted by molar-refractivity contribution is 5.69. The molecule has 36 heavy (non-hydrogen) atoms. The van der Waals surface area contributed by atoms with Crippen molar-refractivity contribution in [3.63, 3.8) is 0 Å². The molecular formula is C24H30O12. The second-order valence-corrected chi connectivity index (χ2v) is 7.94. The lowest BCUT2D eigenvalue weighted by Crippen LogP contribution is -2.65. The zero-order chi connectivity index (χ0) is 26.8. The van der Waals surface area contributed by atoms with Crippen molar-refractivity contribution in [2.24, 2.45) is 0 Å². The maximum Gasteiger partial charge on any atom is 0.303 e. The van der Waals surface area contributed by atoms with Crippen LogP contribution in [0.15, 0.2) is 30.3 Å². The molecule has 0 amide bonds. The lowest BCUT2D eigenvalue weighted by atomic mass is 9.94. The molecule has 1 aromatic carbocycles. The Balaban J connectivity index is 2.51. The molecule has 0 saturated carbocycles. The molecule has 0 aromatic heterocycles. The van der Waals surface area contributed by atoms with E-state index in [4.69, 9.17) is 33.2 Å². The summed E-state index contributed by atoms with van der Waals surface area (Å²) < 4.78 is 38.4. The van der Waals surface area contributed by atoms with Crippen molar-refractivity contribution in [2.45, 2.75) is 78.0 Å². The number of ether oxygens (including phenoxy) is 7. The highest BCUT2D eigenvalue weighted by Crippen LogP contribution is 2.32. The van der Waals surface area contributed by atoms with Gasteiger partial charge in [-0.05, 0) is 5.56 Å². The van der Waals surface area contributed by atoms with Crippen LogP contribution in [-0.4, -0.2) is 73.3 Å². The number of carbonyl (C=O) groups is 5. The molecule has 1 fully saturated rings. The first-order chi connectivity index (χ1) is 17.0. The van der Waals surface area contributed by atoms with E-state index < -0.39 is 73.3 Å². The Bertz CT molecular complexity index is 930. The Morgan fingerprint density at radius 1 is 0.750 bits per heavy atom. The van der Waals surface area contributed by atoms with E-state index in [1.165, 1.54) is 0 Å². The van der Waals surface area contributed by atoms with E-state index >= 15 is 0 Å². The molecule has 1 aliphatic heterocycles. The first-order valence-corrected chi connectivity index (χ1v) is 11.1. The minimum absolute atomic E-state index is 0.00317. The van der Waals surface area contributed by atoms with Crippen molar-refractivity contribution in [1.82, 2.24) is 0 Å². The van der Waals surface area contributed by atoms with E-state index in [-0.39, 0.29) is 6.61 Å². The average molecular weight is 510 g/mol. The van der Waals surface area contributed by atoms with Crippen LogP contribution in [-0.2, 0) is 63.7 Å². The van der Waals surface area contributed by atoms with Gasteiger partial charge >= 0.3 is 29.8 Å². The Labute approximate surface area is 208 Å². The molecule has 0 aliphatic carbocycles. The Kier molecular flexibility index (Phi) is 10.8. The number of rotatable bonds is 10. The Morgan fingerprint density at radius 2 is 1.31 bits per heavy atom. The molecule has 12 heteroatoms. The van der Waals surface area contributed by atoms with E-state index in [1.54, 1.807) is 24.3 Å². The van der Waals surface area contributed by atoms with Crippen molar-refractivity contribution < 1.29 is 57.1 Å². The van der Waals surface area contributed by atoms with Gasteiger partial charge in [0.15, 0.2) is 30.7 Å². The topological polar surface area (TPSA) is 150 Å².